The van der Waals surface area contributed by atoms with Gasteiger partial charge in [-0.2, -0.15) is 0 Å². The predicted octanol–water partition coefficient (Wildman–Crippen LogP) is 4.85. The zero-order valence-electron chi connectivity index (χ0n) is 12.5. The third kappa shape index (κ3) is 4.00. The van der Waals surface area contributed by atoms with Crippen molar-refractivity contribution in [2.45, 2.75) is 52.1 Å². The molecule has 1 unspecified atom stereocenters. The first kappa shape index (κ1) is 15.4. The first-order chi connectivity index (χ1) is 9.72. The molecule has 0 bridgehead atoms. The Bertz CT molecular complexity index is 533. The number of hydrogen-bond acceptors (Lipinski definition) is 1. The fraction of sp³-hybridized carbons (Fsp3) is 0.529. The fourth-order valence-corrected chi connectivity index (χ4v) is 2.90. The zero-order valence-corrected chi connectivity index (χ0v) is 13.3. The van der Waals surface area contributed by atoms with E-state index in [0.717, 1.165) is 23.5 Å². The van der Waals surface area contributed by atoms with Gasteiger partial charge in [-0.15, -0.1) is 0 Å². The van der Waals surface area contributed by atoms with Crippen LogP contribution in [0.4, 0.5) is 0 Å². The number of nitrogens with one attached hydrogen (secondary N) is 1. The van der Waals surface area contributed by atoms with E-state index in [-0.39, 0.29) is 0 Å². The maximum atomic E-state index is 6.26. The number of rotatable bonds is 8. The standard InChI is InChI=1S/C17H25ClN2/c1-3-4-5-8-14(2)19-11-12-20-13-16(18)15-9-6-7-10-17(15)20/h6-7,9-10,13-14,19H,3-5,8,11-12H2,1-2H3. The molecular formula is C17H25ClN2. The van der Waals surface area contributed by atoms with Crippen molar-refractivity contribution in [3.8, 4) is 0 Å². The Hall–Kier alpha value is -0.990. The highest BCUT2D eigenvalue weighted by atomic mass is 35.5. The van der Waals surface area contributed by atoms with Crippen molar-refractivity contribution in [2.24, 2.45) is 0 Å². The minimum atomic E-state index is 0.596. The summed E-state index contributed by atoms with van der Waals surface area (Å²) in [5.74, 6) is 0. The van der Waals surface area contributed by atoms with Gasteiger partial charge in [0.15, 0.2) is 0 Å². The van der Waals surface area contributed by atoms with Gasteiger partial charge >= 0.3 is 0 Å². The van der Waals surface area contributed by atoms with Gasteiger partial charge in [0, 0.05) is 36.2 Å². The number of para-hydroxylation sites is 1. The first-order valence-corrected chi connectivity index (χ1v) is 8.07. The Morgan fingerprint density at radius 1 is 1.25 bits per heavy atom. The van der Waals surface area contributed by atoms with Crippen LogP contribution in [0, 0.1) is 0 Å². The Balaban J connectivity index is 1.84. The fourth-order valence-electron chi connectivity index (χ4n) is 2.62. The number of hydrogen-bond donors (Lipinski definition) is 1. The summed E-state index contributed by atoms with van der Waals surface area (Å²) >= 11 is 6.26. The lowest BCUT2D eigenvalue weighted by molar-refractivity contribution is 0.473. The van der Waals surface area contributed by atoms with E-state index >= 15 is 0 Å². The van der Waals surface area contributed by atoms with Crippen LogP contribution in [-0.2, 0) is 6.54 Å². The van der Waals surface area contributed by atoms with Crippen molar-refractivity contribution in [1.29, 1.82) is 0 Å². The van der Waals surface area contributed by atoms with Gasteiger partial charge in [-0.3, -0.25) is 0 Å². The molecular weight excluding hydrogens is 268 g/mol. The summed E-state index contributed by atoms with van der Waals surface area (Å²) in [7, 11) is 0. The van der Waals surface area contributed by atoms with Crippen LogP contribution in [0.25, 0.3) is 10.9 Å². The molecule has 0 saturated heterocycles. The molecule has 1 aromatic carbocycles. The van der Waals surface area contributed by atoms with Crippen molar-refractivity contribution in [3.05, 3.63) is 35.5 Å². The molecule has 0 amide bonds. The van der Waals surface area contributed by atoms with Crippen LogP contribution in [0.2, 0.25) is 5.02 Å². The van der Waals surface area contributed by atoms with Gasteiger partial charge in [-0.25, -0.2) is 0 Å². The molecule has 0 aliphatic heterocycles. The maximum Gasteiger partial charge on any atom is 0.0661 e. The summed E-state index contributed by atoms with van der Waals surface area (Å²) in [6.07, 6.45) is 7.25. The smallest absolute Gasteiger partial charge is 0.0661 e. The normalized spacial score (nSPS) is 12.9. The lowest BCUT2D eigenvalue weighted by Crippen LogP contribution is -2.29. The average molecular weight is 293 g/mol. The van der Waals surface area contributed by atoms with E-state index in [0.29, 0.717) is 6.04 Å². The van der Waals surface area contributed by atoms with E-state index < -0.39 is 0 Å². The molecule has 1 heterocycles. The van der Waals surface area contributed by atoms with Crippen molar-refractivity contribution in [3.63, 3.8) is 0 Å². The van der Waals surface area contributed by atoms with Gasteiger partial charge in [0.2, 0.25) is 0 Å². The lowest BCUT2D eigenvalue weighted by atomic mass is 10.1. The van der Waals surface area contributed by atoms with Gasteiger partial charge in [-0.1, -0.05) is 56.0 Å². The minimum absolute atomic E-state index is 0.596. The number of nitrogens with zero attached hydrogens (tertiary/aromatic N) is 1. The van der Waals surface area contributed by atoms with E-state index in [1.165, 1.54) is 31.2 Å². The number of fused-ring (bicyclic) bond motifs is 1. The third-order valence-electron chi connectivity index (χ3n) is 3.83. The van der Waals surface area contributed by atoms with Crippen molar-refractivity contribution in [2.75, 3.05) is 6.54 Å². The molecule has 110 valence electrons. The van der Waals surface area contributed by atoms with Gasteiger partial charge in [0.25, 0.3) is 0 Å². The molecule has 0 radical (unpaired) electrons. The molecule has 0 fully saturated rings. The summed E-state index contributed by atoms with van der Waals surface area (Å²) in [5, 5.41) is 5.59. The van der Waals surface area contributed by atoms with E-state index in [1.807, 2.05) is 12.3 Å². The highest BCUT2D eigenvalue weighted by Crippen LogP contribution is 2.25. The quantitative estimate of drug-likeness (QED) is 0.688. The summed E-state index contributed by atoms with van der Waals surface area (Å²) in [5.41, 5.74) is 1.22. The summed E-state index contributed by atoms with van der Waals surface area (Å²) in [6.45, 7) is 6.48. The topological polar surface area (TPSA) is 17.0 Å². The third-order valence-corrected chi connectivity index (χ3v) is 4.13. The van der Waals surface area contributed by atoms with Gasteiger partial charge in [-0.05, 0) is 19.4 Å². The van der Waals surface area contributed by atoms with Crippen LogP contribution in [-0.4, -0.2) is 17.2 Å². The SMILES string of the molecule is CCCCCC(C)NCCn1cc(Cl)c2ccccc21. The average Bonchev–Trinajstić information content (AvgIpc) is 2.77. The van der Waals surface area contributed by atoms with Crippen LogP contribution in [0.3, 0.4) is 0 Å². The van der Waals surface area contributed by atoms with E-state index in [4.69, 9.17) is 11.6 Å². The molecule has 1 N–H and O–H groups in total. The molecule has 0 spiro atoms. The second kappa shape index (κ2) is 7.70. The van der Waals surface area contributed by atoms with Crippen molar-refractivity contribution in [1.82, 2.24) is 9.88 Å². The predicted molar refractivity (Wildman–Crippen MR) is 88.6 cm³/mol. The molecule has 1 aromatic heterocycles. The second-order valence-electron chi connectivity index (χ2n) is 5.54. The van der Waals surface area contributed by atoms with Crippen LogP contribution in [0.15, 0.2) is 30.5 Å². The van der Waals surface area contributed by atoms with Crippen LogP contribution >= 0.6 is 11.6 Å². The van der Waals surface area contributed by atoms with Crippen LogP contribution in [0.5, 0.6) is 0 Å². The minimum Gasteiger partial charge on any atom is -0.345 e. The summed E-state index contributed by atoms with van der Waals surface area (Å²) < 4.78 is 2.24. The Kier molecular flexibility index (Phi) is 5.93. The first-order valence-electron chi connectivity index (χ1n) is 7.69. The molecule has 2 aromatic rings. The molecule has 2 nitrogen and oxygen atoms in total. The van der Waals surface area contributed by atoms with E-state index in [2.05, 4.69) is 41.9 Å². The maximum absolute atomic E-state index is 6.26. The molecule has 3 heteroatoms. The van der Waals surface area contributed by atoms with E-state index in [9.17, 15) is 0 Å². The molecule has 0 aliphatic rings. The highest BCUT2D eigenvalue weighted by molar-refractivity contribution is 6.35. The molecule has 2 rings (SSSR count). The Morgan fingerprint density at radius 2 is 2.05 bits per heavy atom. The Morgan fingerprint density at radius 3 is 2.85 bits per heavy atom. The van der Waals surface area contributed by atoms with Gasteiger partial charge in [0.1, 0.15) is 0 Å². The number of halogens is 1. The molecule has 0 saturated carbocycles. The Labute approximate surface area is 127 Å². The van der Waals surface area contributed by atoms with Gasteiger partial charge in [0.05, 0.1) is 5.02 Å². The monoisotopic (exact) mass is 292 g/mol. The summed E-state index contributed by atoms with van der Waals surface area (Å²) in [6, 6.07) is 8.91. The number of benzene rings is 1. The molecule has 0 aliphatic carbocycles. The number of unbranched alkanes of at least 4 members (excludes halogenated alkanes) is 2. The van der Waals surface area contributed by atoms with Crippen molar-refractivity contribution < 1.29 is 0 Å². The summed E-state index contributed by atoms with van der Waals surface area (Å²) in [4.78, 5) is 0. The zero-order chi connectivity index (χ0) is 14.4. The van der Waals surface area contributed by atoms with E-state index in [1.54, 1.807) is 0 Å². The largest absolute Gasteiger partial charge is 0.345 e. The number of aromatic nitrogens is 1. The van der Waals surface area contributed by atoms with Crippen LogP contribution in [0.1, 0.15) is 39.5 Å². The molecule has 20 heavy (non-hydrogen) atoms. The second-order valence-corrected chi connectivity index (χ2v) is 5.95. The van der Waals surface area contributed by atoms with Crippen molar-refractivity contribution >= 4 is 22.5 Å². The highest BCUT2D eigenvalue weighted by Gasteiger charge is 2.06. The van der Waals surface area contributed by atoms with Gasteiger partial charge < -0.3 is 9.88 Å². The molecule has 1 atom stereocenters. The lowest BCUT2D eigenvalue weighted by Gasteiger charge is -2.14. The van der Waals surface area contributed by atoms with Crippen LogP contribution < -0.4 is 5.32 Å².